The van der Waals surface area contributed by atoms with Crippen LogP contribution in [0.4, 0.5) is 11.4 Å². The molecule has 3 aromatic carbocycles. The summed E-state index contributed by atoms with van der Waals surface area (Å²) >= 11 is 0. The van der Waals surface area contributed by atoms with Crippen LogP contribution in [-0.4, -0.2) is 66.2 Å². The van der Waals surface area contributed by atoms with Crippen LogP contribution in [-0.2, 0) is 16.0 Å². The molecule has 0 aromatic heterocycles. The lowest BCUT2D eigenvalue weighted by atomic mass is 9.85. The van der Waals surface area contributed by atoms with E-state index in [1.807, 2.05) is 54.6 Å². The van der Waals surface area contributed by atoms with Gasteiger partial charge < -0.3 is 29.5 Å². The Kier molecular flexibility index (Phi) is 6.79. The van der Waals surface area contributed by atoms with Gasteiger partial charge in [0.2, 0.25) is 12.7 Å². The second-order valence-electron chi connectivity index (χ2n) is 10.4. The van der Waals surface area contributed by atoms with Gasteiger partial charge >= 0.3 is 0 Å². The van der Waals surface area contributed by atoms with Crippen molar-refractivity contribution in [1.82, 2.24) is 9.80 Å². The van der Waals surface area contributed by atoms with Crippen LogP contribution in [0.5, 0.6) is 11.5 Å². The lowest BCUT2D eigenvalue weighted by Gasteiger charge is -2.43. The fourth-order valence-corrected chi connectivity index (χ4v) is 5.81. The highest BCUT2D eigenvalue weighted by molar-refractivity contribution is 6.00. The number of para-hydroxylation sites is 1. The minimum Gasteiger partial charge on any atom is -0.454 e. The molecule has 3 aromatic rings. The van der Waals surface area contributed by atoms with Gasteiger partial charge in [-0.25, -0.2) is 0 Å². The lowest BCUT2D eigenvalue weighted by Crippen LogP contribution is -2.57. The monoisotopic (exact) mass is 540 g/mol. The maximum Gasteiger partial charge on any atom is 0.253 e. The maximum absolute atomic E-state index is 14.0. The van der Waals surface area contributed by atoms with E-state index >= 15 is 0 Å². The van der Waals surface area contributed by atoms with E-state index in [1.165, 1.54) is 5.56 Å². The summed E-state index contributed by atoms with van der Waals surface area (Å²) in [5.41, 5.74) is 2.53. The number of carbonyl (C=O) groups excluding carboxylic acids is 3. The van der Waals surface area contributed by atoms with Gasteiger partial charge in [-0.1, -0.05) is 37.3 Å². The van der Waals surface area contributed by atoms with Gasteiger partial charge in [-0.05, 0) is 67.3 Å². The summed E-state index contributed by atoms with van der Waals surface area (Å²) in [6, 6.07) is 22.7. The van der Waals surface area contributed by atoms with E-state index in [-0.39, 0.29) is 31.1 Å². The first-order chi connectivity index (χ1) is 19.5. The van der Waals surface area contributed by atoms with Crippen molar-refractivity contribution in [3.63, 3.8) is 0 Å². The van der Waals surface area contributed by atoms with Crippen LogP contribution in [0.2, 0.25) is 0 Å². The Morgan fingerprint density at radius 3 is 2.38 bits per heavy atom. The minimum absolute atomic E-state index is 0.0424. The summed E-state index contributed by atoms with van der Waals surface area (Å²) in [5, 5.41) is 2.92. The molecular weight excluding hydrogens is 508 g/mol. The predicted octanol–water partition coefficient (Wildman–Crippen LogP) is 3.90. The fourth-order valence-electron chi connectivity index (χ4n) is 5.81. The second-order valence-corrected chi connectivity index (χ2v) is 10.4. The molecule has 3 heterocycles. The van der Waals surface area contributed by atoms with E-state index in [1.54, 1.807) is 28.0 Å². The number of nitrogens with zero attached hydrogens (tertiary/aromatic N) is 3. The Balaban J connectivity index is 1.18. The molecule has 3 aliphatic rings. The third kappa shape index (κ3) is 4.72. The molecule has 0 radical (unpaired) electrons. The number of rotatable bonds is 6. The molecule has 1 spiro atoms. The van der Waals surface area contributed by atoms with Gasteiger partial charge in [0, 0.05) is 30.0 Å². The molecule has 9 nitrogen and oxygen atoms in total. The van der Waals surface area contributed by atoms with Gasteiger partial charge in [-0.15, -0.1) is 0 Å². The molecule has 3 amide bonds. The van der Waals surface area contributed by atoms with E-state index < -0.39 is 5.54 Å². The SMILES string of the molecule is CCc1ccc(NC(=O)CN2CN(c3ccccc3)C3(CCN(C(=O)c4ccc5c(c4)OCO5)CC3)C2=O)cc1. The van der Waals surface area contributed by atoms with Crippen LogP contribution < -0.4 is 19.7 Å². The Morgan fingerprint density at radius 2 is 1.65 bits per heavy atom. The lowest BCUT2D eigenvalue weighted by molar-refractivity contribution is -0.136. The molecule has 0 atom stereocenters. The summed E-state index contributed by atoms with van der Waals surface area (Å²) in [4.78, 5) is 45.8. The van der Waals surface area contributed by atoms with Gasteiger partial charge in [0.15, 0.2) is 11.5 Å². The van der Waals surface area contributed by atoms with Gasteiger partial charge in [-0.2, -0.15) is 0 Å². The number of nitrogens with one attached hydrogen (secondary N) is 1. The number of carbonyl (C=O) groups is 3. The quantitative estimate of drug-likeness (QED) is 0.510. The standard InChI is InChI=1S/C31H32N4O5/c1-2-22-8-11-24(12-9-22)32-28(36)19-34-20-35(25-6-4-3-5-7-25)31(30(34)38)14-16-33(17-15-31)29(37)23-10-13-26-27(18-23)40-21-39-26/h3-13,18H,2,14-17,19-21H2,1H3,(H,32,36). The number of anilines is 2. The van der Waals surface area contributed by atoms with Crippen molar-refractivity contribution < 1.29 is 23.9 Å². The second kappa shape index (κ2) is 10.6. The highest BCUT2D eigenvalue weighted by Gasteiger charge is 2.54. The average molecular weight is 541 g/mol. The molecule has 40 heavy (non-hydrogen) atoms. The summed E-state index contributed by atoms with van der Waals surface area (Å²) < 4.78 is 10.8. The molecule has 6 rings (SSSR count). The molecule has 9 heteroatoms. The van der Waals surface area contributed by atoms with E-state index in [0.717, 1.165) is 12.1 Å². The summed E-state index contributed by atoms with van der Waals surface area (Å²) in [7, 11) is 0. The van der Waals surface area contributed by atoms with E-state index in [0.29, 0.717) is 55.3 Å². The maximum atomic E-state index is 14.0. The first-order valence-electron chi connectivity index (χ1n) is 13.7. The number of piperidine rings is 1. The van der Waals surface area contributed by atoms with E-state index in [4.69, 9.17) is 9.47 Å². The third-order valence-electron chi connectivity index (χ3n) is 8.06. The molecule has 206 valence electrons. The number of benzene rings is 3. The van der Waals surface area contributed by atoms with Gasteiger partial charge in [-0.3, -0.25) is 14.4 Å². The molecule has 0 aliphatic carbocycles. The normalized spacial score (nSPS) is 17.4. The summed E-state index contributed by atoms with van der Waals surface area (Å²) in [6.07, 6.45) is 1.86. The minimum atomic E-state index is -0.823. The Morgan fingerprint density at radius 1 is 0.925 bits per heavy atom. The zero-order valence-electron chi connectivity index (χ0n) is 22.5. The third-order valence-corrected chi connectivity index (χ3v) is 8.06. The van der Waals surface area contributed by atoms with Crippen LogP contribution in [0.25, 0.3) is 0 Å². The zero-order valence-corrected chi connectivity index (χ0v) is 22.5. The number of likely N-dealkylation sites (tertiary alicyclic amines) is 1. The largest absolute Gasteiger partial charge is 0.454 e. The molecule has 2 fully saturated rings. The van der Waals surface area contributed by atoms with Crippen molar-refractivity contribution in [2.45, 2.75) is 31.7 Å². The molecule has 2 saturated heterocycles. The Bertz CT molecular complexity index is 1420. The van der Waals surface area contributed by atoms with E-state index in [9.17, 15) is 14.4 Å². The molecule has 3 aliphatic heterocycles. The van der Waals surface area contributed by atoms with Crippen molar-refractivity contribution in [2.24, 2.45) is 0 Å². The predicted molar refractivity (Wildman–Crippen MR) is 150 cm³/mol. The van der Waals surface area contributed by atoms with Gasteiger partial charge in [0.25, 0.3) is 11.8 Å². The van der Waals surface area contributed by atoms with Crippen molar-refractivity contribution in [3.8, 4) is 11.5 Å². The molecule has 0 bridgehead atoms. The summed E-state index contributed by atoms with van der Waals surface area (Å²) in [5.74, 6) is 0.776. The number of aryl methyl sites for hydroxylation is 1. The Labute approximate surface area is 233 Å². The Hall–Kier alpha value is -4.53. The van der Waals surface area contributed by atoms with Crippen molar-refractivity contribution in [1.29, 1.82) is 0 Å². The molecule has 0 unspecified atom stereocenters. The van der Waals surface area contributed by atoms with Crippen LogP contribution in [0.3, 0.4) is 0 Å². The number of hydrogen-bond acceptors (Lipinski definition) is 6. The zero-order chi connectivity index (χ0) is 27.7. The molecular formula is C31H32N4O5. The van der Waals surface area contributed by atoms with Crippen molar-refractivity contribution in [2.75, 3.05) is 43.3 Å². The van der Waals surface area contributed by atoms with Crippen LogP contribution in [0.1, 0.15) is 35.7 Å². The average Bonchev–Trinajstić information content (AvgIpc) is 3.56. The van der Waals surface area contributed by atoms with Crippen LogP contribution >= 0.6 is 0 Å². The molecule has 1 N–H and O–H groups in total. The number of hydrogen-bond donors (Lipinski definition) is 1. The highest BCUT2D eigenvalue weighted by atomic mass is 16.7. The number of amides is 3. The number of ether oxygens (including phenoxy) is 2. The highest BCUT2D eigenvalue weighted by Crippen LogP contribution is 2.40. The van der Waals surface area contributed by atoms with Crippen LogP contribution in [0, 0.1) is 0 Å². The first-order valence-corrected chi connectivity index (χ1v) is 13.7. The summed E-state index contributed by atoms with van der Waals surface area (Å²) in [6.45, 7) is 3.34. The number of fused-ring (bicyclic) bond motifs is 1. The van der Waals surface area contributed by atoms with E-state index in [2.05, 4.69) is 17.1 Å². The van der Waals surface area contributed by atoms with Gasteiger partial charge in [0.05, 0.1) is 6.67 Å². The first kappa shape index (κ1) is 25.7. The topological polar surface area (TPSA) is 91.4 Å². The smallest absolute Gasteiger partial charge is 0.253 e. The van der Waals surface area contributed by atoms with Crippen LogP contribution in [0.15, 0.2) is 72.8 Å². The van der Waals surface area contributed by atoms with Crippen molar-refractivity contribution >= 4 is 29.1 Å². The fraction of sp³-hybridized carbons (Fsp3) is 0.323. The van der Waals surface area contributed by atoms with Gasteiger partial charge in [0.1, 0.15) is 12.1 Å². The van der Waals surface area contributed by atoms with Crippen molar-refractivity contribution in [3.05, 3.63) is 83.9 Å². The molecule has 0 saturated carbocycles.